The van der Waals surface area contributed by atoms with Crippen LogP contribution in [0.15, 0.2) is 41.1 Å². The van der Waals surface area contributed by atoms with Gasteiger partial charge in [-0.15, -0.1) is 17.9 Å². The number of anilines is 2. The number of aryl methyl sites for hydroxylation is 1. The second-order valence-electron chi connectivity index (χ2n) is 6.83. The number of carbonyl (C=O) groups excluding carboxylic acids is 2. The zero-order valence-electron chi connectivity index (χ0n) is 17.5. The Morgan fingerprint density at radius 1 is 1.34 bits per heavy atom. The maximum atomic E-state index is 13.0. The average molecular weight is 481 g/mol. The number of hydrogen-bond acceptors (Lipinski definition) is 9. The van der Waals surface area contributed by atoms with Crippen LogP contribution in [0.2, 0.25) is 0 Å². The van der Waals surface area contributed by atoms with Crippen molar-refractivity contribution in [2.45, 2.75) is 11.8 Å². The molecular weight excluding hydrogens is 456 g/mol. The summed E-state index contributed by atoms with van der Waals surface area (Å²) in [6.07, 6.45) is 1.66. The van der Waals surface area contributed by atoms with Crippen molar-refractivity contribution in [2.75, 3.05) is 50.1 Å². The lowest BCUT2D eigenvalue weighted by atomic mass is 10.2. The van der Waals surface area contributed by atoms with Crippen LogP contribution < -0.4 is 10.6 Å². The Kier molecular flexibility index (Phi) is 7.96. The Hall–Kier alpha value is -2.80. The molecule has 2 heterocycles. The number of nitrogens with one attached hydrogen (secondary N) is 2. The lowest BCUT2D eigenvalue weighted by molar-refractivity contribution is -0.119. The Morgan fingerprint density at radius 2 is 2.09 bits per heavy atom. The van der Waals surface area contributed by atoms with Crippen molar-refractivity contribution in [3.05, 3.63) is 47.5 Å². The lowest BCUT2D eigenvalue weighted by Gasteiger charge is -2.26. The van der Waals surface area contributed by atoms with Crippen LogP contribution in [0.25, 0.3) is 0 Å². The first-order chi connectivity index (χ1) is 15.3. The van der Waals surface area contributed by atoms with E-state index < -0.39 is 28.5 Å². The van der Waals surface area contributed by atoms with Crippen LogP contribution in [0.5, 0.6) is 0 Å². The third-order valence-electron chi connectivity index (χ3n) is 4.51. The molecule has 1 aromatic heterocycles. The number of benzene rings is 1. The van der Waals surface area contributed by atoms with Crippen LogP contribution >= 0.6 is 11.3 Å². The van der Waals surface area contributed by atoms with Crippen LogP contribution in [0, 0.1) is 6.92 Å². The fraction of sp³-hybridized carbons (Fsp3) is 0.350. The topological polar surface area (TPSA) is 127 Å². The molecule has 1 saturated heterocycles. The number of thiazole rings is 1. The van der Waals surface area contributed by atoms with Crippen molar-refractivity contribution < 1.29 is 27.5 Å². The molecule has 1 amide bonds. The van der Waals surface area contributed by atoms with Crippen LogP contribution in [0.4, 0.5) is 10.8 Å². The molecule has 0 spiro atoms. The Bertz CT molecular complexity index is 1090. The van der Waals surface area contributed by atoms with Gasteiger partial charge in [0.2, 0.25) is 10.0 Å². The molecular formula is C20H24N4O6S2. The first-order valence-electron chi connectivity index (χ1n) is 9.77. The quantitative estimate of drug-likeness (QED) is 0.411. The van der Waals surface area contributed by atoms with Crippen molar-refractivity contribution in [1.82, 2.24) is 9.29 Å². The zero-order valence-corrected chi connectivity index (χ0v) is 19.1. The Labute approximate surface area is 190 Å². The summed E-state index contributed by atoms with van der Waals surface area (Å²) >= 11 is 1.23. The monoisotopic (exact) mass is 480 g/mol. The number of ether oxygens (including phenoxy) is 2. The van der Waals surface area contributed by atoms with E-state index in [0.717, 1.165) is 0 Å². The van der Waals surface area contributed by atoms with Gasteiger partial charge < -0.3 is 20.1 Å². The Morgan fingerprint density at radius 3 is 2.81 bits per heavy atom. The lowest BCUT2D eigenvalue weighted by Crippen LogP contribution is -2.40. The maximum Gasteiger partial charge on any atom is 0.358 e. The largest absolute Gasteiger partial charge is 0.451 e. The van der Waals surface area contributed by atoms with Gasteiger partial charge in [0.25, 0.3) is 5.91 Å². The van der Waals surface area contributed by atoms with Crippen LogP contribution in [0.1, 0.15) is 16.1 Å². The summed E-state index contributed by atoms with van der Waals surface area (Å²) in [4.78, 5) is 28.5. The van der Waals surface area contributed by atoms with E-state index in [-0.39, 0.29) is 29.4 Å². The highest BCUT2D eigenvalue weighted by Crippen LogP contribution is 2.24. The van der Waals surface area contributed by atoms with Crippen molar-refractivity contribution in [1.29, 1.82) is 0 Å². The fourth-order valence-electron chi connectivity index (χ4n) is 2.89. The average Bonchev–Trinajstić information content (AvgIpc) is 3.27. The summed E-state index contributed by atoms with van der Waals surface area (Å²) in [7, 11) is -3.72. The van der Waals surface area contributed by atoms with Gasteiger partial charge in [-0.1, -0.05) is 12.1 Å². The first kappa shape index (κ1) is 23.9. The highest BCUT2D eigenvalue weighted by atomic mass is 32.2. The van der Waals surface area contributed by atoms with Crippen LogP contribution in [-0.4, -0.2) is 69.0 Å². The van der Waals surface area contributed by atoms with Crippen molar-refractivity contribution >= 4 is 44.1 Å². The fourth-order valence-corrected chi connectivity index (χ4v) is 5.24. The minimum Gasteiger partial charge on any atom is -0.451 e. The summed E-state index contributed by atoms with van der Waals surface area (Å²) in [6.45, 7) is 6.46. The number of amides is 1. The van der Waals surface area contributed by atoms with Gasteiger partial charge in [-0.2, -0.15) is 4.31 Å². The molecule has 1 fully saturated rings. The zero-order chi connectivity index (χ0) is 23.1. The number of carbonyl (C=O) groups is 2. The molecule has 172 valence electrons. The van der Waals surface area contributed by atoms with Gasteiger partial charge in [0.15, 0.2) is 17.4 Å². The molecule has 2 aromatic rings. The van der Waals surface area contributed by atoms with Gasteiger partial charge in [0.1, 0.15) is 0 Å². The molecule has 0 bridgehead atoms. The standard InChI is InChI=1S/C20H24N4O6S2/c1-3-6-21-20-23-16(13-31-20)19(26)30-12-18(25)22-15-5-4-14(2)17(11-15)32(27,28)24-7-9-29-10-8-24/h3-5,11,13H,1,6-10,12H2,2H3,(H,21,23)(H,22,25). The van der Waals surface area contributed by atoms with E-state index in [1.54, 1.807) is 25.1 Å². The predicted molar refractivity (Wildman–Crippen MR) is 120 cm³/mol. The SMILES string of the molecule is C=CCNc1nc(C(=O)OCC(=O)Nc2ccc(C)c(S(=O)(=O)N3CCOCC3)c2)cs1. The Balaban J connectivity index is 1.60. The van der Waals surface area contributed by atoms with Gasteiger partial charge in [0.05, 0.1) is 18.1 Å². The van der Waals surface area contributed by atoms with Crippen LogP contribution in [-0.2, 0) is 24.3 Å². The highest BCUT2D eigenvalue weighted by molar-refractivity contribution is 7.89. The minimum atomic E-state index is -3.72. The number of aromatic nitrogens is 1. The third-order valence-corrected chi connectivity index (χ3v) is 7.35. The molecule has 32 heavy (non-hydrogen) atoms. The molecule has 1 aliphatic rings. The van der Waals surface area contributed by atoms with Gasteiger partial charge in [-0.25, -0.2) is 18.2 Å². The van der Waals surface area contributed by atoms with Gasteiger partial charge in [0, 0.05) is 30.7 Å². The number of esters is 1. The highest BCUT2D eigenvalue weighted by Gasteiger charge is 2.28. The minimum absolute atomic E-state index is 0.0867. The van der Waals surface area contributed by atoms with Gasteiger partial charge in [-0.05, 0) is 24.6 Å². The molecule has 0 unspecified atom stereocenters. The summed E-state index contributed by atoms with van der Waals surface area (Å²) in [5.41, 5.74) is 0.932. The van der Waals surface area contributed by atoms with E-state index in [2.05, 4.69) is 22.2 Å². The van der Waals surface area contributed by atoms with Gasteiger partial charge in [-0.3, -0.25) is 4.79 Å². The normalized spacial score (nSPS) is 14.5. The van der Waals surface area contributed by atoms with Crippen molar-refractivity contribution in [3.8, 4) is 0 Å². The molecule has 0 aliphatic carbocycles. The molecule has 2 N–H and O–H groups in total. The third kappa shape index (κ3) is 5.91. The number of sulfonamides is 1. The maximum absolute atomic E-state index is 13.0. The molecule has 0 saturated carbocycles. The van der Waals surface area contributed by atoms with E-state index in [1.807, 2.05) is 0 Å². The molecule has 12 heteroatoms. The van der Waals surface area contributed by atoms with Crippen molar-refractivity contribution in [3.63, 3.8) is 0 Å². The molecule has 3 rings (SSSR count). The van der Waals surface area contributed by atoms with E-state index in [4.69, 9.17) is 9.47 Å². The molecule has 0 radical (unpaired) electrons. The van der Waals surface area contributed by atoms with E-state index in [9.17, 15) is 18.0 Å². The van der Waals surface area contributed by atoms with E-state index >= 15 is 0 Å². The number of hydrogen-bond donors (Lipinski definition) is 2. The second-order valence-corrected chi connectivity index (χ2v) is 9.59. The molecule has 10 nitrogen and oxygen atoms in total. The number of morpholine rings is 1. The first-order valence-corrected chi connectivity index (χ1v) is 12.1. The number of rotatable bonds is 9. The van der Waals surface area contributed by atoms with Crippen molar-refractivity contribution in [2.24, 2.45) is 0 Å². The van der Waals surface area contributed by atoms with Gasteiger partial charge >= 0.3 is 5.97 Å². The summed E-state index contributed by atoms with van der Waals surface area (Å²) < 4.78 is 37.5. The van der Waals surface area contributed by atoms with Crippen LogP contribution in [0.3, 0.4) is 0 Å². The summed E-state index contributed by atoms with van der Waals surface area (Å²) in [6, 6.07) is 4.60. The predicted octanol–water partition coefficient (Wildman–Crippen LogP) is 1.87. The summed E-state index contributed by atoms with van der Waals surface area (Å²) in [5.74, 6) is -1.33. The number of nitrogens with zero attached hydrogens (tertiary/aromatic N) is 2. The van der Waals surface area contributed by atoms with E-state index in [1.165, 1.54) is 27.1 Å². The second kappa shape index (κ2) is 10.7. The van der Waals surface area contributed by atoms with E-state index in [0.29, 0.717) is 30.5 Å². The molecule has 1 aromatic carbocycles. The molecule has 1 aliphatic heterocycles. The summed E-state index contributed by atoms with van der Waals surface area (Å²) in [5, 5.41) is 7.57. The molecule has 0 atom stereocenters. The smallest absolute Gasteiger partial charge is 0.358 e.